The Bertz CT molecular complexity index is 1040. The van der Waals surface area contributed by atoms with Gasteiger partial charge in [-0.25, -0.2) is 0 Å². The highest BCUT2D eigenvalue weighted by atomic mass is 32.2. The zero-order valence-corrected chi connectivity index (χ0v) is 17.8. The quantitative estimate of drug-likeness (QED) is 0.275. The molecule has 0 atom stereocenters. The smallest absolute Gasteiger partial charge is 0.193 e. The fraction of sp³-hybridized carbons (Fsp3) is 0. The molecule has 4 rings (SSSR count). The molecule has 0 aromatic heterocycles. The first-order valence-electron chi connectivity index (χ1n) is 9.38. The molecule has 0 heterocycles. The number of carbonyl (C=O) groups excluding carboxylic acids is 1. The van der Waals surface area contributed by atoms with E-state index in [9.17, 15) is 4.79 Å². The van der Waals surface area contributed by atoms with Crippen molar-refractivity contribution in [1.82, 2.24) is 0 Å². The van der Waals surface area contributed by atoms with Gasteiger partial charge in [-0.1, -0.05) is 23.5 Å². The average Bonchev–Trinajstić information content (AvgIpc) is 2.77. The first kappa shape index (κ1) is 20.1. The van der Waals surface area contributed by atoms with Crippen LogP contribution in [0.4, 0.5) is 11.4 Å². The molecule has 0 fully saturated rings. The second-order valence-corrected chi connectivity index (χ2v) is 9.01. The van der Waals surface area contributed by atoms with E-state index in [4.69, 9.17) is 11.5 Å². The highest BCUT2D eigenvalue weighted by Gasteiger charge is 2.10. The normalized spacial score (nSPS) is 10.7. The van der Waals surface area contributed by atoms with Gasteiger partial charge in [0, 0.05) is 42.1 Å². The van der Waals surface area contributed by atoms with Crippen LogP contribution in [0, 0.1) is 0 Å². The van der Waals surface area contributed by atoms with Crippen LogP contribution in [0.1, 0.15) is 15.9 Å². The predicted octanol–water partition coefficient (Wildman–Crippen LogP) is 6.38. The summed E-state index contributed by atoms with van der Waals surface area (Å²) >= 11 is 3.28. The Kier molecular flexibility index (Phi) is 6.12. The summed E-state index contributed by atoms with van der Waals surface area (Å²) in [5.74, 6) is 0.0167. The first-order chi connectivity index (χ1) is 14.6. The van der Waals surface area contributed by atoms with E-state index in [1.165, 1.54) is 0 Å². The van der Waals surface area contributed by atoms with Crippen LogP contribution in [-0.2, 0) is 0 Å². The molecule has 0 aliphatic heterocycles. The molecular weight excluding hydrogens is 408 g/mol. The molecule has 0 saturated heterocycles. The van der Waals surface area contributed by atoms with Gasteiger partial charge in [-0.3, -0.25) is 4.79 Å². The number of nitrogens with two attached hydrogens (primary N) is 2. The van der Waals surface area contributed by atoms with Gasteiger partial charge in [0.2, 0.25) is 0 Å². The zero-order valence-electron chi connectivity index (χ0n) is 16.1. The Hall–Kier alpha value is -3.15. The molecule has 0 amide bonds. The number of benzene rings is 4. The van der Waals surface area contributed by atoms with Crippen molar-refractivity contribution in [2.24, 2.45) is 0 Å². The van der Waals surface area contributed by atoms with Crippen molar-refractivity contribution in [2.45, 2.75) is 19.6 Å². The minimum Gasteiger partial charge on any atom is -0.399 e. The zero-order chi connectivity index (χ0) is 20.9. The maximum absolute atomic E-state index is 12.8. The molecule has 148 valence electrons. The van der Waals surface area contributed by atoms with Crippen molar-refractivity contribution in [3.05, 3.63) is 108 Å². The minimum absolute atomic E-state index is 0.0167. The molecule has 0 saturated carbocycles. The predicted molar refractivity (Wildman–Crippen MR) is 126 cm³/mol. The van der Waals surface area contributed by atoms with Gasteiger partial charge < -0.3 is 11.5 Å². The second kappa shape index (κ2) is 9.11. The lowest BCUT2D eigenvalue weighted by molar-refractivity contribution is 0.103. The Morgan fingerprint density at radius 3 is 1.03 bits per heavy atom. The summed E-state index contributed by atoms with van der Waals surface area (Å²) in [5, 5.41) is 0. The fourth-order valence-electron chi connectivity index (χ4n) is 2.86. The van der Waals surface area contributed by atoms with E-state index in [2.05, 4.69) is 0 Å². The van der Waals surface area contributed by atoms with E-state index in [-0.39, 0.29) is 5.78 Å². The van der Waals surface area contributed by atoms with Crippen LogP contribution in [0.5, 0.6) is 0 Å². The van der Waals surface area contributed by atoms with E-state index in [0.29, 0.717) is 11.1 Å². The standard InChI is InChI=1S/C25H20N2OS2/c26-19-5-13-23(14-6-19)29-21-9-1-17(2-10-21)25(28)18-3-11-22(12-4-18)30-24-15-7-20(27)8-16-24/h1-16H,26-27H2. The number of ketones is 1. The van der Waals surface area contributed by atoms with Gasteiger partial charge in [-0.15, -0.1) is 0 Å². The van der Waals surface area contributed by atoms with Gasteiger partial charge in [0.15, 0.2) is 5.78 Å². The summed E-state index contributed by atoms with van der Waals surface area (Å²) in [6.07, 6.45) is 0. The first-order valence-corrected chi connectivity index (χ1v) is 11.0. The van der Waals surface area contributed by atoms with Crippen LogP contribution < -0.4 is 11.5 Å². The number of anilines is 2. The second-order valence-electron chi connectivity index (χ2n) is 6.72. The van der Waals surface area contributed by atoms with Crippen LogP contribution >= 0.6 is 23.5 Å². The number of rotatable bonds is 6. The average molecular weight is 429 g/mol. The Balaban J connectivity index is 1.42. The van der Waals surface area contributed by atoms with E-state index in [1.807, 2.05) is 97.1 Å². The van der Waals surface area contributed by atoms with Crippen molar-refractivity contribution in [3.8, 4) is 0 Å². The van der Waals surface area contributed by atoms with Gasteiger partial charge in [-0.2, -0.15) is 0 Å². The van der Waals surface area contributed by atoms with Gasteiger partial charge in [0.05, 0.1) is 0 Å². The van der Waals surface area contributed by atoms with Crippen LogP contribution in [0.15, 0.2) is 117 Å². The van der Waals surface area contributed by atoms with Gasteiger partial charge in [-0.05, 0) is 97.1 Å². The number of nitrogen functional groups attached to an aromatic ring is 2. The largest absolute Gasteiger partial charge is 0.399 e. The summed E-state index contributed by atoms with van der Waals surface area (Å²) in [5.41, 5.74) is 14.3. The third-order valence-corrected chi connectivity index (χ3v) is 6.50. The van der Waals surface area contributed by atoms with Crippen LogP contribution in [-0.4, -0.2) is 5.78 Å². The molecule has 0 radical (unpaired) electrons. The lowest BCUT2D eigenvalue weighted by Gasteiger charge is -2.06. The summed E-state index contributed by atoms with van der Waals surface area (Å²) in [6.45, 7) is 0. The molecule has 0 unspecified atom stereocenters. The highest BCUT2D eigenvalue weighted by Crippen LogP contribution is 2.30. The molecule has 0 aliphatic carbocycles. The lowest BCUT2D eigenvalue weighted by Crippen LogP contribution is -2.00. The van der Waals surface area contributed by atoms with Gasteiger partial charge in [0.25, 0.3) is 0 Å². The Morgan fingerprint density at radius 1 is 0.467 bits per heavy atom. The van der Waals surface area contributed by atoms with E-state index in [1.54, 1.807) is 23.5 Å². The van der Waals surface area contributed by atoms with Crippen molar-refractivity contribution in [1.29, 1.82) is 0 Å². The molecule has 4 aromatic rings. The summed E-state index contributed by atoms with van der Waals surface area (Å²) in [4.78, 5) is 17.2. The Labute approximate surface area is 184 Å². The van der Waals surface area contributed by atoms with Crippen molar-refractivity contribution in [2.75, 3.05) is 11.5 Å². The van der Waals surface area contributed by atoms with Crippen LogP contribution in [0.3, 0.4) is 0 Å². The van der Waals surface area contributed by atoms with Crippen molar-refractivity contribution < 1.29 is 4.79 Å². The fourth-order valence-corrected chi connectivity index (χ4v) is 4.49. The third kappa shape index (κ3) is 5.06. The highest BCUT2D eigenvalue weighted by molar-refractivity contribution is 7.99. The molecule has 0 bridgehead atoms. The van der Waals surface area contributed by atoms with E-state index in [0.717, 1.165) is 31.0 Å². The molecule has 0 spiro atoms. The van der Waals surface area contributed by atoms with Crippen molar-refractivity contribution >= 4 is 40.7 Å². The van der Waals surface area contributed by atoms with E-state index < -0.39 is 0 Å². The molecule has 5 heteroatoms. The molecule has 30 heavy (non-hydrogen) atoms. The maximum atomic E-state index is 12.8. The summed E-state index contributed by atoms with van der Waals surface area (Å²) in [7, 11) is 0. The number of hydrogen-bond acceptors (Lipinski definition) is 5. The lowest BCUT2D eigenvalue weighted by atomic mass is 10.0. The number of carbonyl (C=O) groups is 1. The van der Waals surface area contributed by atoms with Crippen LogP contribution in [0.25, 0.3) is 0 Å². The molecule has 4 aromatic carbocycles. The Morgan fingerprint density at radius 2 is 0.733 bits per heavy atom. The maximum Gasteiger partial charge on any atom is 0.193 e. The molecule has 3 nitrogen and oxygen atoms in total. The monoisotopic (exact) mass is 428 g/mol. The molecular formula is C25H20N2OS2. The SMILES string of the molecule is Nc1ccc(Sc2ccc(C(=O)c3ccc(Sc4ccc(N)cc4)cc3)cc2)cc1. The molecule has 4 N–H and O–H groups in total. The summed E-state index contributed by atoms with van der Waals surface area (Å²) in [6, 6.07) is 30.9. The number of hydrogen-bond donors (Lipinski definition) is 2. The minimum atomic E-state index is 0.0167. The van der Waals surface area contributed by atoms with Gasteiger partial charge >= 0.3 is 0 Å². The summed E-state index contributed by atoms with van der Waals surface area (Å²) < 4.78 is 0. The molecule has 0 aliphatic rings. The van der Waals surface area contributed by atoms with Crippen molar-refractivity contribution in [3.63, 3.8) is 0 Å². The van der Waals surface area contributed by atoms with Gasteiger partial charge in [0.1, 0.15) is 0 Å². The third-order valence-electron chi connectivity index (χ3n) is 4.46. The topological polar surface area (TPSA) is 69.1 Å². The van der Waals surface area contributed by atoms with E-state index >= 15 is 0 Å². The van der Waals surface area contributed by atoms with Crippen LogP contribution in [0.2, 0.25) is 0 Å².